The maximum Gasteiger partial charge on any atom is 0.272 e. The average Bonchev–Trinajstić information content (AvgIpc) is 2.97. The van der Waals surface area contributed by atoms with Gasteiger partial charge in [-0.25, -0.2) is 4.98 Å². The van der Waals surface area contributed by atoms with Crippen LogP contribution in [0.3, 0.4) is 0 Å². The van der Waals surface area contributed by atoms with Gasteiger partial charge in [0.15, 0.2) is 5.69 Å². The van der Waals surface area contributed by atoms with Gasteiger partial charge in [-0.15, -0.1) is 0 Å². The summed E-state index contributed by atoms with van der Waals surface area (Å²) in [5, 5.41) is 5.52. The molecule has 0 saturated heterocycles. The van der Waals surface area contributed by atoms with Gasteiger partial charge in [-0.3, -0.25) is 14.4 Å². The van der Waals surface area contributed by atoms with Crippen LogP contribution in [0.15, 0.2) is 24.3 Å². The van der Waals surface area contributed by atoms with Crippen molar-refractivity contribution in [1.29, 1.82) is 0 Å². The summed E-state index contributed by atoms with van der Waals surface area (Å²) in [6.07, 6.45) is 0.913. The van der Waals surface area contributed by atoms with E-state index in [1.807, 2.05) is 27.8 Å². The van der Waals surface area contributed by atoms with E-state index in [0.717, 1.165) is 24.2 Å². The van der Waals surface area contributed by atoms with Crippen molar-refractivity contribution in [3.63, 3.8) is 0 Å². The van der Waals surface area contributed by atoms with Crippen LogP contribution in [0.2, 0.25) is 0 Å². The number of likely N-dealkylation sites (N-methyl/N-ethyl adjacent to an activating group) is 1. The smallest absolute Gasteiger partial charge is 0.272 e. The molecule has 1 aromatic carbocycles. The van der Waals surface area contributed by atoms with Gasteiger partial charge in [0, 0.05) is 31.3 Å². The first-order valence-corrected chi connectivity index (χ1v) is 10.7. The Balaban J connectivity index is 2.05. The van der Waals surface area contributed by atoms with Gasteiger partial charge in [0.2, 0.25) is 11.8 Å². The molecule has 172 valence electrons. The van der Waals surface area contributed by atoms with Crippen molar-refractivity contribution in [2.24, 2.45) is 11.1 Å². The van der Waals surface area contributed by atoms with Gasteiger partial charge in [0.25, 0.3) is 5.91 Å². The summed E-state index contributed by atoms with van der Waals surface area (Å²) in [4.78, 5) is 44.1. The summed E-state index contributed by atoms with van der Waals surface area (Å²) in [6, 6.07) is 6.17. The Hall–Kier alpha value is -3.20. The number of carbonyl (C=O) groups excluding carboxylic acids is 3. The Bertz CT molecular complexity index is 1020. The third-order valence-corrected chi connectivity index (χ3v) is 5.71. The number of nitrogens with one attached hydrogen (secondary N) is 2. The van der Waals surface area contributed by atoms with Crippen molar-refractivity contribution >= 4 is 17.7 Å². The highest BCUT2D eigenvalue weighted by molar-refractivity contribution is 5.98. The Morgan fingerprint density at radius 1 is 1.12 bits per heavy atom. The van der Waals surface area contributed by atoms with E-state index in [4.69, 9.17) is 10.7 Å². The lowest BCUT2D eigenvalue weighted by molar-refractivity contribution is -0.124. The second kappa shape index (κ2) is 9.12. The lowest BCUT2D eigenvalue weighted by Gasteiger charge is -2.29. The minimum Gasteiger partial charge on any atom is -0.366 e. The van der Waals surface area contributed by atoms with Crippen molar-refractivity contribution in [2.45, 2.75) is 46.3 Å². The van der Waals surface area contributed by atoms with E-state index >= 15 is 0 Å². The second-order valence-corrected chi connectivity index (χ2v) is 9.30. The molecule has 0 spiro atoms. The number of fused-ring (bicyclic) bond motifs is 1. The number of hydrogen-bond acceptors (Lipinski definition) is 5. The molecule has 0 radical (unpaired) electrons. The summed E-state index contributed by atoms with van der Waals surface area (Å²) < 4.78 is 2.06. The highest BCUT2D eigenvalue weighted by Gasteiger charge is 2.34. The number of hydrogen-bond donors (Lipinski definition) is 3. The van der Waals surface area contributed by atoms with Gasteiger partial charge in [0.05, 0.1) is 5.69 Å². The molecule has 4 N–H and O–H groups in total. The summed E-state index contributed by atoms with van der Waals surface area (Å²) in [5.74, 6) is -0.477. The van der Waals surface area contributed by atoms with E-state index in [2.05, 4.69) is 20.1 Å². The third kappa shape index (κ3) is 4.83. The second-order valence-electron chi connectivity index (χ2n) is 9.30. The molecule has 2 aromatic rings. The van der Waals surface area contributed by atoms with Crippen LogP contribution in [0.5, 0.6) is 0 Å². The molecule has 0 bridgehead atoms. The summed E-state index contributed by atoms with van der Waals surface area (Å²) in [5.41, 5.74) is 7.20. The molecule has 0 fully saturated rings. The standard InChI is InChI=1S/C23H32N6O3/c1-23(2,3)18(22(32)25-4)27-21(31)17-16-13-28(5)11-6-12-29(16)20(26-17)15-9-7-14(8-10-15)19(24)30/h7-10,18H,6,11-13H2,1-5H3,(H2,24,30)(H,25,32)(H,27,31)/t18-/m1/s1. The fraction of sp³-hybridized carbons (Fsp3) is 0.478. The number of rotatable bonds is 5. The molecule has 1 atom stereocenters. The minimum absolute atomic E-state index is 0.254. The van der Waals surface area contributed by atoms with Crippen molar-refractivity contribution in [2.75, 3.05) is 20.6 Å². The SMILES string of the molecule is CNC(=O)[C@@H](NC(=O)c1nc(-c2ccc(C(N)=O)cc2)n2c1CN(C)CCC2)C(C)(C)C. The zero-order valence-corrected chi connectivity index (χ0v) is 19.4. The number of amides is 3. The van der Waals surface area contributed by atoms with Crippen LogP contribution in [0.4, 0.5) is 0 Å². The Morgan fingerprint density at radius 3 is 2.34 bits per heavy atom. The predicted molar refractivity (Wildman–Crippen MR) is 122 cm³/mol. The number of benzene rings is 1. The van der Waals surface area contributed by atoms with Crippen LogP contribution >= 0.6 is 0 Å². The third-order valence-electron chi connectivity index (χ3n) is 5.71. The quantitative estimate of drug-likeness (QED) is 0.648. The molecular weight excluding hydrogens is 408 g/mol. The molecule has 0 saturated carbocycles. The van der Waals surface area contributed by atoms with E-state index in [0.29, 0.717) is 30.2 Å². The molecule has 3 amide bonds. The maximum atomic E-state index is 13.4. The van der Waals surface area contributed by atoms with E-state index in [-0.39, 0.29) is 11.8 Å². The number of aromatic nitrogens is 2. The molecule has 2 heterocycles. The van der Waals surface area contributed by atoms with Crippen molar-refractivity contribution in [3.8, 4) is 11.4 Å². The highest BCUT2D eigenvalue weighted by Crippen LogP contribution is 2.27. The van der Waals surface area contributed by atoms with Gasteiger partial charge in [-0.2, -0.15) is 0 Å². The number of nitrogens with zero attached hydrogens (tertiary/aromatic N) is 3. The van der Waals surface area contributed by atoms with E-state index in [1.54, 1.807) is 31.3 Å². The van der Waals surface area contributed by atoms with Gasteiger partial charge in [0.1, 0.15) is 11.9 Å². The summed E-state index contributed by atoms with van der Waals surface area (Å²) in [6.45, 7) is 7.88. The molecule has 1 aromatic heterocycles. The van der Waals surface area contributed by atoms with Gasteiger partial charge in [-0.05, 0) is 37.6 Å². The number of nitrogens with two attached hydrogens (primary N) is 1. The summed E-state index contributed by atoms with van der Waals surface area (Å²) in [7, 11) is 3.56. The lowest BCUT2D eigenvalue weighted by Crippen LogP contribution is -2.53. The molecule has 32 heavy (non-hydrogen) atoms. The molecule has 3 rings (SSSR count). The first-order chi connectivity index (χ1) is 15.0. The lowest BCUT2D eigenvalue weighted by atomic mass is 9.86. The highest BCUT2D eigenvalue weighted by atomic mass is 16.2. The van der Waals surface area contributed by atoms with Crippen LogP contribution in [0.1, 0.15) is 53.7 Å². The molecule has 9 nitrogen and oxygen atoms in total. The number of imidazole rings is 1. The van der Waals surface area contributed by atoms with Crippen molar-refractivity contribution in [1.82, 2.24) is 25.1 Å². The van der Waals surface area contributed by atoms with Crippen LogP contribution in [-0.4, -0.2) is 58.9 Å². The fourth-order valence-electron chi connectivity index (χ4n) is 3.93. The summed E-state index contributed by atoms with van der Waals surface area (Å²) >= 11 is 0. The first kappa shape index (κ1) is 23.5. The van der Waals surface area contributed by atoms with Crippen molar-refractivity contribution in [3.05, 3.63) is 41.2 Å². The zero-order chi connectivity index (χ0) is 23.6. The van der Waals surface area contributed by atoms with E-state index < -0.39 is 17.4 Å². The van der Waals surface area contributed by atoms with Crippen LogP contribution < -0.4 is 16.4 Å². The molecule has 0 aliphatic carbocycles. The van der Waals surface area contributed by atoms with Crippen LogP contribution in [0, 0.1) is 5.41 Å². The molecule has 9 heteroatoms. The molecule has 0 unspecified atom stereocenters. The molecule has 1 aliphatic rings. The largest absolute Gasteiger partial charge is 0.366 e. The van der Waals surface area contributed by atoms with Crippen LogP contribution in [0.25, 0.3) is 11.4 Å². The maximum absolute atomic E-state index is 13.4. The Morgan fingerprint density at radius 2 is 1.78 bits per heavy atom. The number of carbonyl (C=O) groups is 3. The first-order valence-electron chi connectivity index (χ1n) is 10.7. The minimum atomic E-state index is -0.709. The molecular formula is C23H32N6O3. The normalized spacial score (nSPS) is 15.4. The van der Waals surface area contributed by atoms with Gasteiger partial charge >= 0.3 is 0 Å². The topological polar surface area (TPSA) is 122 Å². The van der Waals surface area contributed by atoms with Crippen LogP contribution in [-0.2, 0) is 17.9 Å². The Labute approximate surface area is 188 Å². The number of primary amides is 1. The molecule has 1 aliphatic heterocycles. The zero-order valence-electron chi connectivity index (χ0n) is 19.4. The monoisotopic (exact) mass is 440 g/mol. The van der Waals surface area contributed by atoms with E-state index in [9.17, 15) is 14.4 Å². The van der Waals surface area contributed by atoms with Gasteiger partial charge < -0.3 is 25.8 Å². The Kier molecular flexibility index (Phi) is 6.68. The fourth-order valence-corrected chi connectivity index (χ4v) is 3.93. The van der Waals surface area contributed by atoms with Crippen molar-refractivity contribution < 1.29 is 14.4 Å². The predicted octanol–water partition coefficient (Wildman–Crippen LogP) is 1.38. The van der Waals surface area contributed by atoms with Gasteiger partial charge in [-0.1, -0.05) is 32.9 Å². The van der Waals surface area contributed by atoms with E-state index in [1.165, 1.54) is 0 Å². The average molecular weight is 441 g/mol.